The molecule has 0 aliphatic carbocycles. The Kier molecular flexibility index (Phi) is 5.77. The van der Waals surface area contributed by atoms with Crippen LogP contribution < -0.4 is 5.32 Å². The number of carbonyl (C=O) groups is 2. The molecule has 0 unspecified atom stereocenters. The van der Waals surface area contributed by atoms with Gasteiger partial charge in [0.2, 0.25) is 17.6 Å². The van der Waals surface area contributed by atoms with Gasteiger partial charge in [0, 0.05) is 23.4 Å². The van der Waals surface area contributed by atoms with Crippen molar-refractivity contribution in [2.75, 3.05) is 0 Å². The van der Waals surface area contributed by atoms with E-state index in [4.69, 9.17) is 21.2 Å². The molecule has 0 radical (unpaired) electrons. The number of amides is 1. The number of aromatic nitrogens is 5. The van der Waals surface area contributed by atoms with E-state index < -0.39 is 5.97 Å². The van der Waals surface area contributed by atoms with Crippen LogP contribution in [0, 0.1) is 0 Å². The molecule has 0 aliphatic heterocycles. The van der Waals surface area contributed by atoms with Crippen molar-refractivity contribution in [2.45, 2.75) is 25.9 Å². The molecule has 1 amide bonds. The Morgan fingerprint density at radius 3 is 2.78 bits per heavy atom. The lowest BCUT2D eigenvalue weighted by molar-refractivity contribution is -0.138. The lowest BCUT2D eigenvalue weighted by atomic mass is 10.2. The van der Waals surface area contributed by atoms with Crippen LogP contribution in [0.2, 0.25) is 5.02 Å². The van der Waals surface area contributed by atoms with Gasteiger partial charge >= 0.3 is 5.97 Å². The first kappa shape index (κ1) is 18.5. The van der Waals surface area contributed by atoms with Gasteiger partial charge in [-0.15, -0.1) is 5.10 Å². The van der Waals surface area contributed by atoms with Gasteiger partial charge in [-0.2, -0.15) is 4.98 Å². The van der Waals surface area contributed by atoms with Crippen LogP contribution in [0.25, 0.3) is 11.4 Å². The Bertz CT molecular complexity index is 937. The number of carboxylic acid groups (broad SMARTS) is 1. The van der Waals surface area contributed by atoms with E-state index in [2.05, 4.69) is 25.8 Å². The molecule has 0 bridgehead atoms. The van der Waals surface area contributed by atoms with Crippen LogP contribution in [0.3, 0.4) is 0 Å². The molecule has 27 heavy (non-hydrogen) atoms. The summed E-state index contributed by atoms with van der Waals surface area (Å²) in [6.07, 6.45) is 1.91. The predicted molar refractivity (Wildman–Crippen MR) is 92.6 cm³/mol. The summed E-state index contributed by atoms with van der Waals surface area (Å²) in [4.78, 5) is 26.8. The third kappa shape index (κ3) is 5.35. The zero-order chi connectivity index (χ0) is 19.2. The molecule has 3 rings (SSSR count). The molecule has 0 atom stereocenters. The quantitative estimate of drug-likeness (QED) is 0.587. The fourth-order valence-corrected chi connectivity index (χ4v) is 2.33. The zero-order valence-electron chi connectivity index (χ0n) is 14.0. The van der Waals surface area contributed by atoms with Gasteiger partial charge < -0.3 is 14.9 Å². The van der Waals surface area contributed by atoms with Crippen molar-refractivity contribution < 1.29 is 19.2 Å². The van der Waals surface area contributed by atoms with E-state index in [1.807, 2.05) is 0 Å². The Morgan fingerprint density at radius 2 is 2.04 bits per heavy atom. The normalized spacial score (nSPS) is 10.7. The van der Waals surface area contributed by atoms with E-state index >= 15 is 0 Å². The van der Waals surface area contributed by atoms with Gasteiger partial charge in [-0.05, 0) is 24.3 Å². The van der Waals surface area contributed by atoms with E-state index in [1.165, 1.54) is 10.9 Å². The van der Waals surface area contributed by atoms with Gasteiger partial charge in [-0.1, -0.05) is 22.0 Å². The summed E-state index contributed by atoms with van der Waals surface area (Å²) in [6, 6.07) is 7.02. The van der Waals surface area contributed by atoms with Crippen LogP contribution in [0.4, 0.5) is 0 Å². The number of aliphatic carboxylic acids is 1. The molecule has 3 aromatic rings. The van der Waals surface area contributed by atoms with Crippen LogP contribution >= 0.6 is 11.6 Å². The Hall–Kier alpha value is -3.27. The van der Waals surface area contributed by atoms with E-state index in [-0.39, 0.29) is 31.8 Å². The maximum atomic E-state index is 11.9. The molecule has 140 valence electrons. The van der Waals surface area contributed by atoms with Crippen LogP contribution in [0.15, 0.2) is 35.0 Å². The lowest BCUT2D eigenvalue weighted by Gasteiger charge is -2.00. The Labute approximate surface area is 158 Å². The van der Waals surface area contributed by atoms with Crippen molar-refractivity contribution in [1.29, 1.82) is 0 Å². The molecule has 2 N–H and O–H groups in total. The van der Waals surface area contributed by atoms with Crippen LogP contribution in [0.5, 0.6) is 0 Å². The predicted octanol–water partition coefficient (Wildman–Crippen LogP) is 1.32. The third-order valence-electron chi connectivity index (χ3n) is 3.49. The van der Waals surface area contributed by atoms with Gasteiger partial charge in [0.15, 0.2) is 0 Å². The average molecular weight is 391 g/mol. The van der Waals surface area contributed by atoms with Crippen LogP contribution in [-0.2, 0) is 29.1 Å². The lowest BCUT2D eigenvalue weighted by Crippen LogP contribution is -2.23. The average Bonchev–Trinajstić information content (AvgIpc) is 3.28. The first-order valence-electron chi connectivity index (χ1n) is 7.95. The van der Waals surface area contributed by atoms with Crippen molar-refractivity contribution >= 4 is 23.5 Å². The Morgan fingerprint density at radius 1 is 1.26 bits per heavy atom. The summed E-state index contributed by atoms with van der Waals surface area (Å²) in [5, 5.41) is 23.3. The number of carbonyl (C=O) groups excluding carboxylic acids is 1. The summed E-state index contributed by atoms with van der Waals surface area (Å²) in [5.74, 6) is -0.471. The van der Waals surface area contributed by atoms with E-state index in [0.717, 1.165) is 5.56 Å². The van der Waals surface area contributed by atoms with Crippen molar-refractivity contribution in [3.63, 3.8) is 0 Å². The molecular formula is C16H15ClN6O4. The number of halogens is 1. The van der Waals surface area contributed by atoms with E-state index in [1.54, 1.807) is 24.3 Å². The number of hydrogen-bond acceptors (Lipinski definition) is 7. The number of hydrogen-bond donors (Lipinski definition) is 2. The topological polar surface area (TPSA) is 136 Å². The number of carboxylic acids is 1. The number of rotatable bonds is 8. The Balaban J connectivity index is 1.46. The number of nitrogens with zero attached hydrogens (tertiary/aromatic N) is 5. The molecule has 10 nitrogen and oxygen atoms in total. The van der Waals surface area contributed by atoms with Crippen molar-refractivity contribution in [3.8, 4) is 11.4 Å². The second-order valence-electron chi connectivity index (χ2n) is 5.60. The molecule has 0 spiro atoms. The van der Waals surface area contributed by atoms with Crippen LogP contribution in [-0.4, -0.2) is 42.1 Å². The SMILES string of the molecule is O=C(O)Cn1cc(CNC(=O)CCc2nc(-c3ccc(Cl)cc3)no2)nn1. The minimum absolute atomic E-state index is 0.151. The van der Waals surface area contributed by atoms with Crippen molar-refractivity contribution in [2.24, 2.45) is 0 Å². The van der Waals surface area contributed by atoms with Gasteiger partial charge in [-0.3, -0.25) is 9.59 Å². The molecule has 1 aromatic carbocycles. The van der Waals surface area contributed by atoms with Gasteiger partial charge in [0.05, 0.1) is 12.7 Å². The molecule has 0 saturated carbocycles. The molecule has 0 saturated heterocycles. The summed E-state index contributed by atoms with van der Waals surface area (Å²) < 4.78 is 6.33. The molecular weight excluding hydrogens is 376 g/mol. The first-order chi connectivity index (χ1) is 13.0. The van der Waals surface area contributed by atoms with E-state index in [0.29, 0.717) is 22.4 Å². The second kappa shape index (κ2) is 8.41. The van der Waals surface area contributed by atoms with Crippen LogP contribution in [0.1, 0.15) is 18.0 Å². The highest BCUT2D eigenvalue weighted by atomic mass is 35.5. The number of benzene rings is 1. The molecule has 0 aliphatic rings. The smallest absolute Gasteiger partial charge is 0.325 e. The van der Waals surface area contributed by atoms with Gasteiger partial charge in [0.25, 0.3) is 0 Å². The highest BCUT2D eigenvalue weighted by Gasteiger charge is 2.11. The van der Waals surface area contributed by atoms with Gasteiger partial charge in [-0.25, -0.2) is 4.68 Å². The standard InChI is InChI=1S/C16H15ClN6O4/c17-11-3-1-10(2-4-11)16-19-14(27-21-16)6-5-13(24)18-7-12-8-23(22-20-12)9-15(25)26/h1-4,8H,5-7,9H2,(H,18,24)(H,25,26). The van der Waals surface area contributed by atoms with Crippen molar-refractivity contribution in [1.82, 2.24) is 30.5 Å². The maximum absolute atomic E-state index is 11.9. The molecule has 2 aromatic heterocycles. The zero-order valence-corrected chi connectivity index (χ0v) is 14.8. The molecule has 0 fully saturated rings. The third-order valence-corrected chi connectivity index (χ3v) is 3.74. The summed E-state index contributed by atoms with van der Waals surface area (Å²) in [5.41, 5.74) is 1.23. The minimum atomic E-state index is -1.02. The largest absolute Gasteiger partial charge is 0.480 e. The fourth-order valence-electron chi connectivity index (χ4n) is 2.21. The molecule has 11 heteroatoms. The highest BCUT2D eigenvalue weighted by Crippen LogP contribution is 2.18. The number of nitrogens with one attached hydrogen (secondary N) is 1. The second-order valence-corrected chi connectivity index (χ2v) is 6.03. The number of aryl methyl sites for hydroxylation is 1. The summed E-state index contributed by atoms with van der Waals surface area (Å²) in [7, 11) is 0. The van der Waals surface area contributed by atoms with Gasteiger partial charge in [0.1, 0.15) is 12.2 Å². The maximum Gasteiger partial charge on any atom is 0.325 e. The highest BCUT2D eigenvalue weighted by molar-refractivity contribution is 6.30. The van der Waals surface area contributed by atoms with E-state index in [9.17, 15) is 9.59 Å². The minimum Gasteiger partial charge on any atom is -0.480 e. The summed E-state index contributed by atoms with van der Waals surface area (Å²) in [6.45, 7) is -0.133. The monoisotopic (exact) mass is 390 g/mol. The fraction of sp³-hybridized carbons (Fsp3) is 0.250. The first-order valence-corrected chi connectivity index (χ1v) is 8.33. The molecule has 2 heterocycles. The van der Waals surface area contributed by atoms with Crippen molar-refractivity contribution in [3.05, 3.63) is 47.1 Å². The summed E-state index contributed by atoms with van der Waals surface area (Å²) >= 11 is 5.84.